The molecular weight excluding hydrogens is 285 g/mol. The second kappa shape index (κ2) is 5.37. The van der Waals surface area contributed by atoms with Crippen LogP contribution < -0.4 is 0 Å². The Morgan fingerprint density at radius 3 is 2.33 bits per heavy atom. The fraction of sp³-hybridized carbons (Fsp3) is 0.267. The molecule has 0 radical (unpaired) electrons. The van der Waals surface area contributed by atoms with Crippen LogP contribution in [0.3, 0.4) is 0 Å². The Labute approximate surface area is 119 Å². The van der Waals surface area contributed by atoms with Crippen molar-refractivity contribution in [2.24, 2.45) is 0 Å². The largest absolute Gasteiger partial charge is 0.478 e. The monoisotopic (exact) mass is 298 g/mol. The molecule has 0 saturated heterocycles. The molecular formula is C15H13F3O3. The molecule has 3 nitrogen and oxygen atoms in total. The van der Waals surface area contributed by atoms with Crippen LogP contribution in [0.25, 0.3) is 5.57 Å². The van der Waals surface area contributed by atoms with E-state index in [0.717, 1.165) is 7.11 Å². The molecule has 0 amide bonds. The highest BCUT2D eigenvalue weighted by Crippen LogP contribution is 2.49. The number of carboxylic acids is 1. The van der Waals surface area contributed by atoms with Gasteiger partial charge in [0, 0.05) is 24.7 Å². The molecule has 0 saturated carbocycles. The lowest BCUT2D eigenvalue weighted by molar-refractivity contribution is -0.244. The van der Waals surface area contributed by atoms with Crippen molar-refractivity contribution >= 4 is 11.5 Å². The van der Waals surface area contributed by atoms with E-state index in [0.29, 0.717) is 5.56 Å². The summed E-state index contributed by atoms with van der Waals surface area (Å²) in [5, 5.41) is 8.97. The maximum Gasteiger partial charge on any atom is 0.422 e. The van der Waals surface area contributed by atoms with Crippen LogP contribution in [0.5, 0.6) is 0 Å². The third kappa shape index (κ3) is 2.58. The van der Waals surface area contributed by atoms with Crippen molar-refractivity contribution in [1.82, 2.24) is 0 Å². The predicted octanol–water partition coefficient (Wildman–Crippen LogP) is 3.43. The number of halogens is 3. The first-order valence-corrected chi connectivity index (χ1v) is 6.14. The summed E-state index contributed by atoms with van der Waals surface area (Å²) in [5.74, 6) is -1.39. The Morgan fingerprint density at radius 1 is 1.24 bits per heavy atom. The van der Waals surface area contributed by atoms with Crippen molar-refractivity contribution in [2.45, 2.75) is 18.2 Å². The number of allylic oxidation sites excluding steroid dienone is 2. The van der Waals surface area contributed by atoms with Crippen LogP contribution in [-0.2, 0) is 9.53 Å². The fourth-order valence-corrected chi connectivity index (χ4v) is 2.39. The van der Waals surface area contributed by atoms with E-state index in [4.69, 9.17) is 9.84 Å². The Balaban J connectivity index is 2.64. The Morgan fingerprint density at radius 2 is 1.86 bits per heavy atom. The van der Waals surface area contributed by atoms with E-state index in [1.54, 1.807) is 18.2 Å². The minimum Gasteiger partial charge on any atom is -0.478 e. The highest BCUT2D eigenvalue weighted by molar-refractivity contribution is 5.91. The summed E-state index contributed by atoms with van der Waals surface area (Å²) in [6.07, 6.45) is -3.14. The van der Waals surface area contributed by atoms with Crippen LogP contribution in [0.1, 0.15) is 12.0 Å². The van der Waals surface area contributed by atoms with Crippen LogP contribution in [0.4, 0.5) is 13.2 Å². The lowest BCUT2D eigenvalue weighted by Crippen LogP contribution is -2.49. The van der Waals surface area contributed by atoms with Crippen molar-refractivity contribution in [2.75, 3.05) is 7.11 Å². The standard InChI is InChI=1S/C15H13F3O3/c1-21-14(15(16,17)18)9-11(13(19)20)7-8-12(14)10-5-3-2-4-6-10/h2-8H,9H2,1H3,(H,19,20). The SMILES string of the molecule is COC1(C(F)(F)F)CC(C(=O)O)=CC=C1c1ccccc1. The fourth-order valence-electron chi connectivity index (χ4n) is 2.39. The van der Waals surface area contributed by atoms with Gasteiger partial charge in [-0.15, -0.1) is 0 Å². The number of alkyl halides is 3. The van der Waals surface area contributed by atoms with Crippen molar-refractivity contribution in [1.29, 1.82) is 0 Å². The molecule has 1 unspecified atom stereocenters. The van der Waals surface area contributed by atoms with E-state index in [-0.39, 0.29) is 11.1 Å². The summed E-state index contributed by atoms with van der Waals surface area (Å²) in [7, 11) is 0.940. The molecule has 0 fully saturated rings. The summed E-state index contributed by atoms with van der Waals surface area (Å²) in [5.41, 5.74) is -2.74. The molecule has 2 rings (SSSR count). The maximum atomic E-state index is 13.6. The first-order chi connectivity index (χ1) is 9.82. The number of rotatable bonds is 3. The van der Waals surface area contributed by atoms with Crippen LogP contribution >= 0.6 is 0 Å². The number of ether oxygens (including phenoxy) is 1. The molecule has 0 bridgehead atoms. The molecule has 1 aliphatic carbocycles. The number of carbonyl (C=O) groups is 1. The van der Waals surface area contributed by atoms with Gasteiger partial charge >= 0.3 is 12.1 Å². The molecule has 112 valence electrons. The zero-order valence-corrected chi connectivity index (χ0v) is 11.1. The first-order valence-electron chi connectivity index (χ1n) is 6.14. The Kier molecular flexibility index (Phi) is 3.91. The topological polar surface area (TPSA) is 46.5 Å². The minimum absolute atomic E-state index is 0.0944. The number of carboxylic acid groups (broad SMARTS) is 1. The molecule has 1 N–H and O–H groups in total. The van der Waals surface area contributed by atoms with Crippen molar-refractivity contribution < 1.29 is 27.8 Å². The molecule has 0 aliphatic heterocycles. The maximum absolute atomic E-state index is 13.6. The van der Waals surface area contributed by atoms with Gasteiger partial charge in [0.2, 0.25) is 0 Å². The lowest BCUT2D eigenvalue weighted by atomic mass is 9.78. The van der Waals surface area contributed by atoms with Gasteiger partial charge in [-0.05, 0) is 5.56 Å². The van der Waals surface area contributed by atoms with Crippen LogP contribution in [0, 0.1) is 0 Å². The van der Waals surface area contributed by atoms with Crippen LogP contribution in [0.2, 0.25) is 0 Å². The minimum atomic E-state index is -4.74. The van der Waals surface area contributed by atoms with E-state index in [2.05, 4.69) is 0 Å². The first kappa shape index (κ1) is 15.3. The van der Waals surface area contributed by atoms with E-state index >= 15 is 0 Å². The number of aliphatic carboxylic acids is 1. The number of hydrogen-bond donors (Lipinski definition) is 1. The molecule has 21 heavy (non-hydrogen) atoms. The Bertz CT molecular complexity index is 602. The van der Waals surface area contributed by atoms with Gasteiger partial charge in [0.15, 0.2) is 5.60 Å². The third-order valence-corrected chi connectivity index (χ3v) is 3.49. The van der Waals surface area contributed by atoms with Gasteiger partial charge in [-0.3, -0.25) is 0 Å². The van der Waals surface area contributed by atoms with Gasteiger partial charge in [-0.25, -0.2) is 4.79 Å². The average Bonchev–Trinajstić information content (AvgIpc) is 2.46. The van der Waals surface area contributed by atoms with Crippen molar-refractivity contribution in [3.8, 4) is 0 Å². The summed E-state index contributed by atoms with van der Waals surface area (Å²) in [6, 6.07) is 7.98. The summed E-state index contributed by atoms with van der Waals surface area (Å²) >= 11 is 0. The summed E-state index contributed by atoms with van der Waals surface area (Å²) < 4.78 is 45.5. The summed E-state index contributed by atoms with van der Waals surface area (Å²) in [4.78, 5) is 11.0. The van der Waals surface area contributed by atoms with Crippen LogP contribution in [0.15, 0.2) is 48.1 Å². The average molecular weight is 298 g/mol. The van der Waals surface area contributed by atoms with E-state index in [1.165, 1.54) is 24.3 Å². The van der Waals surface area contributed by atoms with Gasteiger partial charge < -0.3 is 9.84 Å². The molecule has 6 heteroatoms. The molecule has 1 aromatic carbocycles. The number of methoxy groups -OCH3 is 1. The predicted molar refractivity (Wildman–Crippen MR) is 70.5 cm³/mol. The van der Waals surface area contributed by atoms with Crippen molar-refractivity contribution in [3.63, 3.8) is 0 Å². The van der Waals surface area contributed by atoms with Crippen LogP contribution in [-0.4, -0.2) is 30.0 Å². The van der Waals surface area contributed by atoms with E-state index < -0.39 is 24.2 Å². The molecule has 0 spiro atoms. The van der Waals surface area contributed by atoms with Gasteiger partial charge in [0.05, 0.1) is 0 Å². The number of benzene rings is 1. The smallest absolute Gasteiger partial charge is 0.422 e. The highest BCUT2D eigenvalue weighted by atomic mass is 19.4. The molecule has 1 aromatic rings. The normalized spacial score (nSPS) is 22.5. The summed E-state index contributed by atoms with van der Waals surface area (Å²) in [6.45, 7) is 0. The Hall–Kier alpha value is -2.08. The van der Waals surface area contributed by atoms with Crippen molar-refractivity contribution in [3.05, 3.63) is 53.6 Å². The molecule has 0 heterocycles. The molecule has 1 aliphatic rings. The third-order valence-electron chi connectivity index (χ3n) is 3.49. The number of hydrogen-bond acceptors (Lipinski definition) is 2. The lowest BCUT2D eigenvalue weighted by Gasteiger charge is -2.38. The van der Waals surface area contributed by atoms with E-state index in [9.17, 15) is 18.0 Å². The van der Waals surface area contributed by atoms with Gasteiger partial charge in [-0.1, -0.05) is 42.5 Å². The highest BCUT2D eigenvalue weighted by Gasteiger charge is 2.59. The van der Waals surface area contributed by atoms with Gasteiger partial charge in [-0.2, -0.15) is 13.2 Å². The second-order valence-electron chi connectivity index (χ2n) is 4.65. The zero-order chi connectivity index (χ0) is 15.7. The molecule has 1 atom stereocenters. The quantitative estimate of drug-likeness (QED) is 0.930. The van der Waals surface area contributed by atoms with Gasteiger partial charge in [0.25, 0.3) is 0 Å². The van der Waals surface area contributed by atoms with Gasteiger partial charge in [0.1, 0.15) is 0 Å². The zero-order valence-electron chi connectivity index (χ0n) is 11.1. The van der Waals surface area contributed by atoms with E-state index in [1.807, 2.05) is 0 Å². The molecule has 0 aromatic heterocycles. The second-order valence-corrected chi connectivity index (χ2v) is 4.65.